The summed E-state index contributed by atoms with van der Waals surface area (Å²) in [6.45, 7) is 15.4. The van der Waals surface area contributed by atoms with Gasteiger partial charge < -0.3 is 15.5 Å². The fourth-order valence-electron chi connectivity index (χ4n) is 2.46. The average Bonchev–Trinajstić information content (AvgIpc) is 2.82. The van der Waals surface area contributed by atoms with Crippen molar-refractivity contribution in [2.24, 2.45) is 10.9 Å². The highest BCUT2D eigenvalue weighted by Crippen LogP contribution is 2.18. The van der Waals surface area contributed by atoms with E-state index in [1.807, 2.05) is 6.92 Å². The topological polar surface area (TPSA) is 60.0 Å². The van der Waals surface area contributed by atoms with Gasteiger partial charge in [-0.3, -0.25) is 9.69 Å². The van der Waals surface area contributed by atoms with Crippen molar-refractivity contribution in [3.8, 4) is 0 Å². The van der Waals surface area contributed by atoms with E-state index >= 15 is 0 Å². The van der Waals surface area contributed by atoms with Gasteiger partial charge in [0.25, 0.3) is 0 Å². The molecule has 1 fully saturated rings. The molecular formula is C17H33N5O. The van der Waals surface area contributed by atoms with Crippen LogP contribution < -0.4 is 10.6 Å². The molecule has 0 aromatic rings. The van der Waals surface area contributed by atoms with Gasteiger partial charge in [-0.15, -0.1) is 0 Å². The van der Waals surface area contributed by atoms with E-state index in [9.17, 15) is 4.79 Å². The molecule has 0 aliphatic carbocycles. The van der Waals surface area contributed by atoms with Crippen LogP contribution in [0.4, 0.5) is 0 Å². The smallest absolute Gasteiger partial charge is 0.243 e. The number of carbonyl (C=O) groups excluding carboxylic acids is 1. The Bertz CT molecular complexity index is 444. The minimum atomic E-state index is -0.00953. The lowest BCUT2D eigenvalue weighted by Gasteiger charge is -2.22. The van der Waals surface area contributed by atoms with E-state index in [2.05, 4.69) is 47.9 Å². The van der Waals surface area contributed by atoms with Crippen LogP contribution in [0.5, 0.6) is 0 Å². The Kier molecular flexibility index (Phi) is 7.55. The van der Waals surface area contributed by atoms with Gasteiger partial charge in [-0.25, -0.2) is 4.99 Å². The van der Waals surface area contributed by atoms with Crippen LogP contribution in [0.1, 0.15) is 27.7 Å². The molecule has 1 rings (SSSR count). The Hall–Kier alpha value is -1.56. The highest BCUT2D eigenvalue weighted by atomic mass is 16.2. The van der Waals surface area contributed by atoms with E-state index < -0.39 is 0 Å². The van der Waals surface area contributed by atoms with Gasteiger partial charge in [-0.2, -0.15) is 0 Å². The number of likely N-dealkylation sites (N-methyl/N-ethyl adjacent to an activating group) is 1. The number of guanidine groups is 1. The average molecular weight is 323 g/mol. The third-order valence-corrected chi connectivity index (χ3v) is 4.12. The number of nitrogens with zero attached hydrogens (tertiary/aromatic N) is 3. The molecule has 2 unspecified atom stereocenters. The number of carbonyl (C=O) groups is 1. The molecule has 23 heavy (non-hydrogen) atoms. The molecule has 2 atom stereocenters. The number of amides is 1. The summed E-state index contributed by atoms with van der Waals surface area (Å²) >= 11 is 0. The lowest BCUT2D eigenvalue weighted by Crippen LogP contribution is -2.47. The molecule has 1 aliphatic heterocycles. The molecule has 1 aliphatic rings. The second-order valence-electron chi connectivity index (χ2n) is 7.04. The summed E-state index contributed by atoms with van der Waals surface area (Å²) in [5.74, 6) is 1.22. The number of nitrogens with one attached hydrogen (secondary N) is 2. The summed E-state index contributed by atoms with van der Waals surface area (Å²) in [5, 5.41) is 6.74. The van der Waals surface area contributed by atoms with Crippen molar-refractivity contribution in [3.63, 3.8) is 0 Å². The first-order chi connectivity index (χ1) is 10.7. The summed E-state index contributed by atoms with van der Waals surface area (Å²) in [6.07, 6.45) is 0. The molecule has 0 radical (unpaired) electrons. The fraction of sp³-hybridized carbons (Fsp3) is 0.765. The van der Waals surface area contributed by atoms with Gasteiger partial charge >= 0.3 is 0 Å². The predicted octanol–water partition coefficient (Wildman–Crippen LogP) is 0.915. The van der Waals surface area contributed by atoms with Crippen LogP contribution in [0.25, 0.3) is 0 Å². The van der Waals surface area contributed by atoms with E-state index in [0.29, 0.717) is 30.5 Å². The predicted molar refractivity (Wildman–Crippen MR) is 96.6 cm³/mol. The molecule has 6 heteroatoms. The first-order valence-corrected chi connectivity index (χ1v) is 8.34. The Morgan fingerprint density at radius 1 is 1.39 bits per heavy atom. The monoisotopic (exact) mass is 323 g/mol. The van der Waals surface area contributed by atoms with Crippen molar-refractivity contribution < 1.29 is 4.79 Å². The summed E-state index contributed by atoms with van der Waals surface area (Å²) < 4.78 is 0. The number of likely N-dealkylation sites (tertiary alicyclic amines) is 1. The van der Waals surface area contributed by atoms with Crippen LogP contribution >= 0.6 is 0 Å². The van der Waals surface area contributed by atoms with E-state index in [1.165, 1.54) is 0 Å². The molecule has 0 saturated carbocycles. The van der Waals surface area contributed by atoms with E-state index in [1.54, 1.807) is 19.0 Å². The van der Waals surface area contributed by atoms with Crippen molar-refractivity contribution in [2.75, 3.05) is 40.3 Å². The Morgan fingerprint density at radius 2 is 2.04 bits per heavy atom. The second-order valence-corrected chi connectivity index (χ2v) is 7.04. The summed E-state index contributed by atoms with van der Waals surface area (Å²) in [4.78, 5) is 20.2. The van der Waals surface area contributed by atoms with Crippen LogP contribution in [0.15, 0.2) is 17.1 Å². The van der Waals surface area contributed by atoms with Crippen molar-refractivity contribution in [1.82, 2.24) is 20.4 Å². The molecule has 0 bridgehead atoms. The van der Waals surface area contributed by atoms with Crippen LogP contribution in [0.2, 0.25) is 0 Å². The van der Waals surface area contributed by atoms with Crippen molar-refractivity contribution in [3.05, 3.63) is 12.2 Å². The molecule has 2 N–H and O–H groups in total. The SMILES string of the molecule is C=C(C)CNC(=NCC(=O)N(C)C)NC1CN(C(C)C)CC1C. The second kappa shape index (κ2) is 8.91. The van der Waals surface area contributed by atoms with Gasteiger partial charge in [0.15, 0.2) is 5.96 Å². The Balaban J connectivity index is 2.70. The normalized spacial score (nSPS) is 22.3. The molecule has 0 aromatic carbocycles. The minimum absolute atomic E-state index is 0.00953. The fourth-order valence-corrected chi connectivity index (χ4v) is 2.46. The quantitative estimate of drug-likeness (QED) is 0.433. The van der Waals surface area contributed by atoms with Gasteiger partial charge in [-0.1, -0.05) is 19.1 Å². The zero-order chi connectivity index (χ0) is 17.6. The largest absolute Gasteiger partial charge is 0.353 e. The summed E-state index contributed by atoms with van der Waals surface area (Å²) in [5.41, 5.74) is 1.03. The van der Waals surface area contributed by atoms with E-state index in [4.69, 9.17) is 0 Å². The Morgan fingerprint density at radius 3 is 2.52 bits per heavy atom. The third-order valence-electron chi connectivity index (χ3n) is 4.12. The molecule has 6 nitrogen and oxygen atoms in total. The van der Waals surface area contributed by atoms with Crippen molar-refractivity contribution in [1.29, 1.82) is 0 Å². The summed E-state index contributed by atoms with van der Waals surface area (Å²) in [6, 6.07) is 0.881. The van der Waals surface area contributed by atoms with Crippen molar-refractivity contribution >= 4 is 11.9 Å². The summed E-state index contributed by atoms with van der Waals surface area (Å²) in [7, 11) is 3.48. The van der Waals surface area contributed by atoms with Gasteiger partial charge in [0.1, 0.15) is 6.54 Å². The zero-order valence-electron chi connectivity index (χ0n) is 15.5. The third kappa shape index (κ3) is 6.60. The first-order valence-electron chi connectivity index (χ1n) is 8.34. The maximum Gasteiger partial charge on any atom is 0.243 e. The number of rotatable bonds is 6. The van der Waals surface area contributed by atoms with Gasteiger partial charge in [-0.05, 0) is 26.7 Å². The van der Waals surface area contributed by atoms with Crippen molar-refractivity contribution in [2.45, 2.75) is 39.8 Å². The van der Waals surface area contributed by atoms with Crippen LogP contribution in [-0.4, -0.2) is 74.0 Å². The highest BCUT2D eigenvalue weighted by molar-refractivity contribution is 5.85. The lowest BCUT2D eigenvalue weighted by atomic mass is 10.1. The number of hydrogen-bond acceptors (Lipinski definition) is 3. The first kappa shape index (κ1) is 19.5. The van der Waals surface area contributed by atoms with Gasteiger partial charge in [0.2, 0.25) is 5.91 Å². The highest BCUT2D eigenvalue weighted by Gasteiger charge is 2.31. The van der Waals surface area contributed by atoms with Crippen LogP contribution in [-0.2, 0) is 4.79 Å². The maximum absolute atomic E-state index is 11.8. The molecule has 1 heterocycles. The number of aliphatic imine (C=N–C) groups is 1. The molecular weight excluding hydrogens is 290 g/mol. The van der Waals surface area contributed by atoms with E-state index in [-0.39, 0.29) is 12.5 Å². The lowest BCUT2D eigenvalue weighted by molar-refractivity contribution is -0.127. The number of hydrogen-bond donors (Lipinski definition) is 2. The zero-order valence-corrected chi connectivity index (χ0v) is 15.5. The van der Waals surface area contributed by atoms with Crippen LogP contribution in [0, 0.1) is 5.92 Å². The van der Waals surface area contributed by atoms with E-state index in [0.717, 1.165) is 18.7 Å². The molecule has 0 spiro atoms. The van der Waals surface area contributed by atoms with Gasteiger partial charge in [0.05, 0.1) is 0 Å². The maximum atomic E-state index is 11.8. The van der Waals surface area contributed by atoms with Gasteiger partial charge in [0, 0.05) is 45.8 Å². The molecule has 132 valence electrons. The Labute approximate surface area is 141 Å². The molecule has 1 amide bonds. The molecule has 1 saturated heterocycles. The minimum Gasteiger partial charge on any atom is -0.353 e. The standard InChI is InChI=1S/C17H33N5O/c1-12(2)8-18-17(19-9-16(23)21(6)7)20-15-11-22(13(3)4)10-14(15)5/h13-15H,1,8-11H2,2-7H3,(H2,18,19,20). The van der Waals surface area contributed by atoms with Crippen LogP contribution in [0.3, 0.4) is 0 Å². The molecule has 0 aromatic heterocycles.